The number of nitrogens with zero attached hydrogens (tertiary/aromatic N) is 2. The third-order valence-corrected chi connectivity index (χ3v) is 4.52. The fraction of sp³-hybridized carbons (Fsp3) is 0.0952. The molecule has 0 saturated heterocycles. The fourth-order valence-corrected chi connectivity index (χ4v) is 3.10. The predicted molar refractivity (Wildman–Crippen MR) is 102 cm³/mol. The molecule has 0 fully saturated rings. The summed E-state index contributed by atoms with van der Waals surface area (Å²) in [6.45, 7) is 0.548. The van der Waals surface area contributed by atoms with Gasteiger partial charge in [-0.2, -0.15) is 13.2 Å². The Hall–Kier alpha value is -3.48. The summed E-state index contributed by atoms with van der Waals surface area (Å²) < 4.78 is 39.8. The minimum absolute atomic E-state index is 0.0346. The van der Waals surface area contributed by atoms with Crippen LogP contribution in [0.25, 0.3) is 16.5 Å². The molecule has 142 valence electrons. The number of halogens is 3. The molecule has 7 heteroatoms. The molecule has 0 amide bonds. The largest absolute Gasteiger partial charge is 0.494 e. The van der Waals surface area contributed by atoms with Crippen LogP contribution in [0.3, 0.4) is 0 Å². The Bertz CT molecular complexity index is 1100. The third-order valence-electron chi connectivity index (χ3n) is 4.52. The first-order valence-corrected chi connectivity index (χ1v) is 8.57. The number of fused-ring (bicyclic) bond motifs is 1. The predicted octanol–water partition coefficient (Wildman–Crippen LogP) is 5.36. The molecule has 2 aromatic heterocycles. The highest BCUT2D eigenvalue weighted by Crippen LogP contribution is 2.36. The highest BCUT2D eigenvalue weighted by atomic mass is 19.4. The molecular weight excluding hydrogens is 367 g/mol. The Morgan fingerprint density at radius 2 is 1.68 bits per heavy atom. The van der Waals surface area contributed by atoms with E-state index in [1.165, 1.54) is 16.7 Å². The second-order valence-electron chi connectivity index (χ2n) is 6.35. The summed E-state index contributed by atoms with van der Waals surface area (Å²) >= 11 is 0. The first-order chi connectivity index (χ1) is 13.4. The quantitative estimate of drug-likeness (QED) is 0.499. The van der Waals surface area contributed by atoms with Crippen LogP contribution in [0.1, 0.15) is 11.1 Å². The molecular formula is C21H16F3N3O. The molecule has 0 radical (unpaired) electrons. The maximum absolute atomic E-state index is 12.8. The van der Waals surface area contributed by atoms with Gasteiger partial charge in [-0.15, -0.1) is 0 Å². The van der Waals surface area contributed by atoms with Crippen LogP contribution in [-0.2, 0) is 12.7 Å². The molecule has 0 unspecified atom stereocenters. The summed E-state index contributed by atoms with van der Waals surface area (Å²) in [6.07, 6.45) is 0.712. The number of rotatable bonds is 4. The Morgan fingerprint density at radius 3 is 2.36 bits per heavy atom. The number of hydrogen-bond acceptors (Lipinski definition) is 3. The van der Waals surface area contributed by atoms with Crippen LogP contribution >= 0.6 is 0 Å². The van der Waals surface area contributed by atoms with Crippen LogP contribution in [0.15, 0.2) is 73.2 Å². The van der Waals surface area contributed by atoms with Gasteiger partial charge in [0.15, 0.2) is 0 Å². The van der Waals surface area contributed by atoms with Gasteiger partial charge in [0.2, 0.25) is 5.88 Å². The van der Waals surface area contributed by atoms with Crippen molar-refractivity contribution in [3.63, 3.8) is 0 Å². The van der Waals surface area contributed by atoms with E-state index in [1.54, 1.807) is 18.6 Å². The number of anilines is 1. The van der Waals surface area contributed by atoms with Gasteiger partial charge in [0.25, 0.3) is 0 Å². The minimum atomic E-state index is -4.40. The first-order valence-electron chi connectivity index (χ1n) is 8.57. The van der Waals surface area contributed by atoms with Crippen LogP contribution in [0.4, 0.5) is 18.9 Å². The molecule has 0 spiro atoms. The van der Waals surface area contributed by atoms with E-state index in [4.69, 9.17) is 0 Å². The molecule has 0 aliphatic carbocycles. The Labute approximate surface area is 158 Å². The number of alkyl halides is 3. The number of aromatic nitrogens is 2. The van der Waals surface area contributed by atoms with E-state index >= 15 is 0 Å². The molecule has 2 aromatic carbocycles. The first kappa shape index (κ1) is 17.9. The lowest BCUT2D eigenvalue weighted by molar-refractivity contribution is -0.137. The van der Waals surface area contributed by atoms with Gasteiger partial charge in [-0.05, 0) is 48.0 Å². The van der Waals surface area contributed by atoms with E-state index < -0.39 is 11.7 Å². The maximum atomic E-state index is 12.8. The zero-order valence-corrected chi connectivity index (χ0v) is 14.6. The Balaban J connectivity index is 1.69. The lowest BCUT2D eigenvalue weighted by Gasteiger charge is -2.10. The molecule has 0 aliphatic heterocycles. The van der Waals surface area contributed by atoms with E-state index in [9.17, 15) is 18.3 Å². The van der Waals surface area contributed by atoms with E-state index in [0.29, 0.717) is 17.6 Å². The van der Waals surface area contributed by atoms with Crippen molar-refractivity contribution in [2.45, 2.75) is 12.7 Å². The summed E-state index contributed by atoms with van der Waals surface area (Å²) in [5, 5.41) is 15.4. The normalized spacial score (nSPS) is 11.7. The molecule has 4 nitrogen and oxygen atoms in total. The third kappa shape index (κ3) is 3.38. The molecule has 0 aliphatic rings. The molecule has 28 heavy (non-hydrogen) atoms. The van der Waals surface area contributed by atoms with Crippen LogP contribution in [0.5, 0.6) is 5.88 Å². The second kappa shape index (κ2) is 6.92. The number of benzene rings is 2. The number of nitrogens with one attached hydrogen (secondary N) is 1. The number of aromatic hydroxyl groups is 1. The molecule has 2 N–H and O–H groups in total. The van der Waals surface area contributed by atoms with Crippen molar-refractivity contribution in [2.75, 3.05) is 5.32 Å². The summed E-state index contributed by atoms with van der Waals surface area (Å²) in [7, 11) is 0. The van der Waals surface area contributed by atoms with E-state index in [1.807, 2.05) is 30.3 Å². The van der Waals surface area contributed by atoms with E-state index in [2.05, 4.69) is 10.3 Å². The monoisotopic (exact) mass is 383 g/mol. The van der Waals surface area contributed by atoms with Crippen molar-refractivity contribution in [2.24, 2.45) is 0 Å². The van der Waals surface area contributed by atoms with Gasteiger partial charge in [-0.1, -0.05) is 12.1 Å². The van der Waals surface area contributed by atoms with E-state index in [0.717, 1.165) is 28.8 Å². The topological polar surface area (TPSA) is 50.1 Å². The molecule has 2 heterocycles. The minimum Gasteiger partial charge on any atom is -0.494 e. The summed E-state index contributed by atoms with van der Waals surface area (Å²) in [5.74, 6) is -0.0346. The van der Waals surface area contributed by atoms with Crippen molar-refractivity contribution < 1.29 is 18.3 Å². The zero-order chi connectivity index (χ0) is 19.7. The van der Waals surface area contributed by atoms with Gasteiger partial charge in [0.05, 0.1) is 10.9 Å². The van der Waals surface area contributed by atoms with Gasteiger partial charge in [0, 0.05) is 41.9 Å². The molecule has 0 atom stereocenters. The van der Waals surface area contributed by atoms with Crippen molar-refractivity contribution >= 4 is 16.5 Å². The van der Waals surface area contributed by atoms with Crippen LogP contribution < -0.4 is 5.32 Å². The smallest absolute Gasteiger partial charge is 0.416 e. The summed E-state index contributed by atoms with van der Waals surface area (Å²) in [6, 6.07) is 14.0. The van der Waals surface area contributed by atoms with Crippen molar-refractivity contribution in [1.82, 2.24) is 9.55 Å². The van der Waals surface area contributed by atoms with Crippen molar-refractivity contribution in [3.8, 4) is 11.6 Å². The average molecular weight is 383 g/mol. The summed E-state index contributed by atoms with van der Waals surface area (Å²) in [5.41, 5.74) is 1.49. The molecule has 4 rings (SSSR count). The van der Waals surface area contributed by atoms with Crippen LogP contribution in [-0.4, -0.2) is 14.7 Å². The number of pyridine rings is 1. The second-order valence-corrected chi connectivity index (χ2v) is 6.35. The van der Waals surface area contributed by atoms with Gasteiger partial charge in [0.1, 0.15) is 0 Å². The maximum Gasteiger partial charge on any atom is 0.416 e. The number of hydrogen-bond donors (Lipinski definition) is 2. The highest BCUT2D eigenvalue weighted by Gasteiger charge is 2.30. The highest BCUT2D eigenvalue weighted by molar-refractivity contribution is 5.99. The lowest BCUT2D eigenvalue weighted by atomic mass is 10.1. The summed E-state index contributed by atoms with van der Waals surface area (Å²) in [4.78, 5) is 3.98. The molecule has 4 aromatic rings. The average Bonchev–Trinajstić information content (AvgIpc) is 3.04. The van der Waals surface area contributed by atoms with Gasteiger partial charge < -0.3 is 10.4 Å². The standard InChI is InChI=1S/C21H16F3N3O/c22-21(23,24)16-4-6-17(7-5-16)27-13-15-2-1-3-18(19(15)20(27)28)26-12-14-8-10-25-11-9-14/h1-11,13,26,28H,12H2. The van der Waals surface area contributed by atoms with E-state index in [-0.39, 0.29) is 5.88 Å². The van der Waals surface area contributed by atoms with Crippen molar-refractivity contribution in [3.05, 3.63) is 84.3 Å². The molecule has 0 saturated carbocycles. The Morgan fingerprint density at radius 1 is 0.964 bits per heavy atom. The van der Waals surface area contributed by atoms with Gasteiger partial charge in [-0.3, -0.25) is 9.55 Å². The SMILES string of the molecule is Oc1c2c(NCc3ccncc3)cccc2cn1-c1ccc(C(F)(F)F)cc1. The fourth-order valence-electron chi connectivity index (χ4n) is 3.10. The Kier molecular flexibility index (Phi) is 4.43. The van der Waals surface area contributed by atoms with Gasteiger partial charge >= 0.3 is 6.18 Å². The van der Waals surface area contributed by atoms with Crippen molar-refractivity contribution in [1.29, 1.82) is 0 Å². The zero-order valence-electron chi connectivity index (χ0n) is 14.6. The molecule has 0 bridgehead atoms. The van der Waals surface area contributed by atoms with Crippen LogP contribution in [0.2, 0.25) is 0 Å². The lowest BCUT2D eigenvalue weighted by Crippen LogP contribution is -2.04. The van der Waals surface area contributed by atoms with Gasteiger partial charge in [-0.25, -0.2) is 0 Å². The van der Waals surface area contributed by atoms with Crippen LogP contribution in [0, 0.1) is 0 Å².